The minimum absolute atomic E-state index is 0.00176. The number of hydrogen-bond donors (Lipinski definition) is 2. The van der Waals surface area contributed by atoms with Crippen LogP contribution >= 0.6 is 0 Å². The monoisotopic (exact) mass is 400 g/mol. The molecule has 3 N–H and O–H groups in total. The lowest BCUT2D eigenvalue weighted by Crippen LogP contribution is -2.24. The highest BCUT2D eigenvalue weighted by Crippen LogP contribution is 2.31. The zero-order valence-corrected chi connectivity index (χ0v) is 16.1. The van der Waals surface area contributed by atoms with Gasteiger partial charge in [0.05, 0.1) is 16.8 Å². The van der Waals surface area contributed by atoms with Crippen molar-refractivity contribution in [1.82, 2.24) is 14.9 Å². The van der Waals surface area contributed by atoms with E-state index < -0.39 is 17.4 Å². The second-order valence-corrected chi connectivity index (χ2v) is 7.22. The summed E-state index contributed by atoms with van der Waals surface area (Å²) < 4.78 is 7.18. The summed E-state index contributed by atoms with van der Waals surface area (Å²) in [6.07, 6.45) is 0. The normalized spacial score (nSPS) is 13.0. The summed E-state index contributed by atoms with van der Waals surface area (Å²) in [5.74, 6) is -0.871. The fourth-order valence-corrected chi connectivity index (χ4v) is 3.78. The van der Waals surface area contributed by atoms with Gasteiger partial charge in [-0.25, -0.2) is 4.98 Å². The topological polar surface area (TPSA) is 120 Å². The molecule has 1 aliphatic heterocycles. The summed E-state index contributed by atoms with van der Waals surface area (Å²) in [6.45, 7) is 3.81. The number of carbonyl (C=O) groups excluding carboxylic acids is 2. The number of aromatic nitrogens is 2. The Balaban J connectivity index is 1.73. The number of imide groups is 1. The third-order valence-corrected chi connectivity index (χ3v) is 5.25. The van der Waals surface area contributed by atoms with Crippen molar-refractivity contribution in [3.63, 3.8) is 0 Å². The number of aryl methyl sites for hydroxylation is 2. The highest BCUT2D eigenvalue weighted by molar-refractivity contribution is 6.23. The Labute approximate surface area is 169 Å². The molecule has 2 amide bonds. The second kappa shape index (κ2) is 6.15. The van der Waals surface area contributed by atoms with Gasteiger partial charge in [-0.1, -0.05) is 18.2 Å². The van der Waals surface area contributed by atoms with Gasteiger partial charge in [0.1, 0.15) is 11.3 Å². The van der Waals surface area contributed by atoms with E-state index >= 15 is 0 Å². The molecule has 2 aromatic carbocycles. The molecule has 0 fully saturated rings. The van der Waals surface area contributed by atoms with E-state index in [1.54, 1.807) is 12.1 Å². The molecule has 148 valence electrons. The first-order valence-corrected chi connectivity index (χ1v) is 9.24. The number of fused-ring (bicyclic) bond motifs is 2. The summed E-state index contributed by atoms with van der Waals surface area (Å²) in [7, 11) is 0. The van der Waals surface area contributed by atoms with E-state index in [2.05, 4.69) is 10.3 Å². The number of rotatable bonds is 2. The molecule has 4 aromatic rings. The molecule has 0 saturated carbocycles. The van der Waals surface area contributed by atoms with Crippen molar-refractivity contribution in [3.05, 3.63) is 75.1 Å². The van der Waals surface area contributed by atoms with E-state index in [0.29, 0.717) is 22.7 Å². The molecule has 0 spiro atoms. The number of benzene rings is 2. The summed E-state index contributed by atoms with van der Waals surface area (Å²) in [4.78, 5) is 41.3. The molecule has 30 heavy (non-hydrogen) atoms. The fourth-order valence-electron chi connectivity index (χ4n) is 3.78. The molecule has 0 aliphatic carbocycles. The van der Waals surface area contributed by atoms with Crippen molar-refractivity contribution in [2.24, 2.45) is 0 Å². The highest BCUT2D eigenvalue weighted by atomic mass is 16.3. The lowest BCUT2D eigenvalue weighted by Gasteiger charge is -2.12. The van der Waals surface area contributed by atoms with Crippen molar-refractivity contribution in [2.75, 3.05) is 5.73 Å². The number of hydrogen-bond acceptors (Lipinski definition) is 6. The molecule has 0 atom stereocenters. The largest absolute Gasteiger partial charge is 0.436 e. The first kappa shape index (κ1) is 17.9. The quantitative estimate of drug-likeness (QED) is 0.499. The van der Waals surface area contributed by atoms with E-state index in [4.69, 9.17) is 10.2 Å². The molecular formula is C22H16N4O4. The number of nitrogen functional groups attached to an aromatic ring is 1. The molecule has 2 aromatic heterocycles. The Bertz CT molecular complexity index is 1460. The van der Waals surface area contributed by atoms with Crippen molar-refractivity contribution in [2.45, 2.75) is 13.8 Å². The second-order valence-electron chi connectivity index (χ2n) is 7.22. The van der Waals surface area contributed by atoms with Gasteiger partial charge < -0.3 is 10.2 Å². The van der Waals surface area contributed by atoms with Crippen LogP contribution in [0.3, 0.4) is 0 Å². The number of anilines is 1. The molecule has 0 radical (unpaired) electrons. The lowest BCUT2D eigenvalue weighted by atomic mass is 10.1. The SMILES string of the molecule is Cc1ccccc1-c1nc2cc(-n3c(N)c4c(cc3=O)C(=O)NC4=O)cc(C)c2o1. The van der Waals surface area contributed by atoms with Gasteiger partial charge in [0.2, 0.25) is 5.89 Å². The molecule has 8 nitrogen and oxygen atoms in total. The molecule has 5 rings (SSSR count). The van der Waals surface area contributed by atoms with Crippen molar-refractivity contribution < 1.29 is 14.0 Å². The first-order valence-electron chi connectivity index (χ1n) is 9.24. The Hall–Kier alpha value is -4.20. The van der Waals surface area contributed by atoms with Gasteiger partial charge in [0, 0.05) is 11.6 Å². The maximum Gasteiger partial charge on any atom is 0.262 e. The van der Waals surface area contributed by atoms with E-state index in [0.717, 1.165) is 22.8 Å². The van der Waals surface area contributed by atoms with Crippen LogP contribution in [0.4, 0.5) is 5.82 Å². The third kappa shape index (κ3) is 2.47. The Morgan fingerprint density at radius 1 is 0.967 bits per heavy atom. The number of oxazole rings is 1. The molecule has 8 heteroatoms. The van der Waals surface area contributed by atoms with Gasteiger partial charge >= 0.3 is 0 Å². The number of carbonyl (C=O) groups is 2. The van der Waals surface area contributed by atoms with E-state index in [-0.39, 0.29) is 16.9 Å². The fraction of sp³-hybridized carbons (Fsp3) is 0.0909. The van der Waals surface area contributed by atoms with Crippen molar-refractivity contribution in [1.29, 1.82) is 0 Å². The average molecular weight is 400 g/mol. The number of nitrogens with zero attached hydrogens (tertiary/aromatic N) is 2. The molecule has 1 aliphatic rings. The van der Waals surface area contributed by atoms with Crippen LogP contribution in [0, 0.1) is 13.8 Å². The molecule has 0 saturated heterocycles. The van der Waals surface area contributed by atoms with Crippen LogP contribution in [0.1, 0.15) is 31.8 Å². The molecule has 0 unspecified atom stereocenters. The van der Waals surface area contributed by atoms with Gasteiger partial charge in [-0.2, -0.15) is 0 Å². The standard InChI is InChI=1S/C22H16N4O4/c1-10-5-3-4-6-13(10)22-24-15-8-12(7-11(2)18(15)30-22)26-16(27)9-14-17(19(26)23)21(29)25-20(14)28/h3-9H,23H2,1-2H3,(H,25,28,29). The van der Waals surface area contributed by atoms with Crippen LogP contribution in [-0.4, -0.2) is 21.4 Å². The van der Waals surface area contributed by atoms with Crippen LogP contribution < -0.4 is 16.6 Å². The smallest absolute Gasteiger partial charge is 0.262 e. The number of pyridine rings is 1. The maximum absolute atomic E-state index is 12.7. The van der Waals surface area contributed by atoms with Crippen molar-refractivity contribution in [3.8, 4) is 17.1 Å². The van der Waals surface area contributed by atoms with Gasteiger partial charge in [-0.3, -0.25) is 24.3 Å². The zero-order chi connectivity index (χ0) is 21.2. The predicted octanol–water partition coefficient (Wildman–Crippen LogP) is 2.73. The van der Waals surface area contributed by atoms with Gasteiger partial charge in [-0.15, -0.1) is 0 Å². The van der Waals surface area contributed by atoms with Crippen molar-refractivity contribution >= 4 is 28.7 Å². The molecule has 0 bridgehead atoms. The molecular weight excluding hydrogens is 384 g/mol. The van der Waals surface area contributed by atoms with Crippen LogP contribution in [0.5, 0.6) is 0 Å². The number of nitrogens with one attached hydrogen (secondary N) is 1. The van der Waals surface area contributed by atoms with Gasteiger partial charge in [-0.05, 0) is 43.2 Å². The average Bonchev–Trinajstić information content (AvgIpc) is 3.23. The van der Waals surface area contributed by atoms with Crippen LogP contribution in [0.15, 0.2) is 51.7 Å². The summed E-state index contributed by atoms with van der Waals surface area (Å²) in [5.41, 5.74) is 9.83. The Kier molecular flexibility index (Phi) is 3.66. The Morgan fingerprint density at radius 3 is 2.50 bits per heavy atom. The minimum atomic E-state index is -0.628. The van der Waals surface area contributed by atoms with Crippen LogP contribution in [-0.2, 0) is 0 Å². The first-order chi connectivity index (χ1) is 14.3. The van der Waals surface area contributed by atoms with Crippen LogP contribution in [0.25, 0.3) is 28.2 Å². The lowest BCUT2D eigenvalue weighted by molar-refractivity contribution is 0.0880. The molecule has 3 heterocycles. The van der Waals surface area contributed by atoms with Gasteiger partial charge in [0.25, 0.3) is 17.4 Å². The van der Waals surface area contributed by atoms with E-state index in [1.807, 2.05) is 38.1 Å². The summed E-state index contributed by atoms with van der Waals surface area (Å²) in [5, 5.41) is 2.16. The zero-order valence-electron chi connectivity index (χ0n) is 16.1. The van der Waals surface area contributed by atoms with E-state index in [1.165, 1.54) is 4.57 Å². The number of amides is 2. The Morgan fingerprint density at radius 2 is 1.73 bits per heavy atom. The number of nitrogens with two attached hydrogens (primary N) is 1. The van der Waals surface area contributed by atoms with Gasteiger partial charge in [0.15, 0.2) is 5.58 Å². The summed E-state index contributed by atoms with van der Waals surface area (Å²) in [6, 6.07) is 12.3. The van der Waals surface area contributed by atoms with E-state index in [9.17, 15) is 14.4 Å². The third-order valence-electron chi connectivity index (χ3n) is 5.25. The highest BCUT2D eigenvalue weighted by Gasteiger charge is 2.32. The maximum atomic E-state index is 12.7. The predicted molar refractivity (Wildman–Crippen MR) is 111 cm³/mol. The summed E-state index contributed by atoms with van der Waals surface area (Å²) >= 11 is 0. The minimum Gasteiger partial charge on any atom is -0.436 e. The van der Waals surface area contributed by atoms with Crippen LogP contribution in [0.2, 0.25) is 0 Å².